The van der Waals surface area contributed by atoms with Gasteiger partial charge < -0.3 is 0 Å². The fourth-order valence-electron chi connectivity index (χ4n) is 4.27. The third kappa shape index (κ3) is 3.46. The number of benzene rings is 4. The van der Waals surface area contributed by atoms with Crippen LogP contribution in [0.3, 0.4) is 0 Å². The maximum atomic E-state index is 2.29. The van der Waals surface area contributed by atoms with Gasteiger partial charge in [0.2, 0.25) is 0 Å². The highest BCUT2D eigenvalue weighted by atomic mass is 28.2. The number of allylic oxidation sites excluding steroid dienone is 2. The maximum absolute atomic E-state index is 2.29. The van der Waals surface area contributed by atoms with E-state index in [2.05, 4.69) is 121 Å². The quantitative estimate of drug-likeness (QED) is 0.377. The Morgan fingerprint density at radius 2 is 0.897 bits per heavy atom. The lowest BCUT2D eigenvalue weighted by Crippen LogP contribution is -2.06. The van der Waals surface area contributed by atoms with Crippen molar-refractivity contribution in [3.8, 4) is 0 Å². The summed E-state index contributed by atoms with van der Waals surface area (Å²) in [6.45, 7) is 0. The second kappa shape index (κ2) is 7.98. The standard InChI is InChI=1S/C28H22Si/c1-5-13-21(14-6-1)25-26(22-15-7-2-8-16-22)28(24-19-11-4-12-20-24)29-27(25)23-17-9-3-10-18-23/h1-20,27,29H. The Labute approximate surface area is 174 Å². The van der Waals surface area contributed by atoms with Crippen molar-refractivity contribution in [1.29, 1.82) is 0 Å². The van der Waals surface area contributed by atoms with Crippen molar-refractivity contribution in [2.24, 2.45) is 0 Å². The van der Waals surface area contributed by atoms with E-state index in [0.29, 0.717) is 5.54 Å². The van der Waals surface area contributed by atoms with Gasteiger partial charge in [-0.1, -0.05) is 121 Å². The molecule has 1 heteroatoms. The SMILES string of the molecule is c1ccc(C2=[SiH]C(c3ccccc3)C(c3ccccc3)=C2c2ccccc2)cc1. The lowest BCUT2D eigenvalue weighted by atomic mass is 9.87. The third-order valence-electron chi connectivity index (χ3n) is 5.57. The van der Waals surface area contributed by atoms with E-state index in [4.69, 9.17) is 0 Å². The fourth-order valence-corrected chi connectivity index (χ4v) is 6.42. The summed E-state index contributed by atoms with van der Waals surface area (Å²) in [5.41, 5.74) is 8.75. The summed E-state index contributed by atoms with van der Waals surface area (Å²) in [6, 6.07) is 43.8. The van der Waals surface area contributed by atoms with Crippen LogP contribution in [0.4, 0.5) is 0 Å². The fraction of sp³-hybridized carbons (Fsp3) is 0.0357. The molecular formula is C28H22Si. The van der Waals surface area contributed by atoms with Crippen molar-refractivity contribution in [3.63, 3.8) is 0 Å². The topological polar surface area (TPSA) is 0 Å². The van der Waals surface area contributed by atoms with E-state index < -0.39 is 0 Å². The van der Waals surface area contributed by atoms with E-state index in [1.807, 2.05) is 0 Å². The average Bonchev–Trinajstić information content (AvgIpc) is 3.22. The molecule has 0 aliphatic carbocycles. The first-order valence-electron chi connectivity index (χ1n) is 10.1. The highest BCUT2D eigenvalue weighted by molar-refractivity contribution is 6.76. The molecule has 1 unspecified atom stereocenters. The highest BCUT2D eigenvalue weighted by Crippen LogP contribution is 2.42. The van der Waals surface area contributed by atoms with E-state index in [-0.39, 0.29) is 9.13 Å². The molecule has 4 aromatic carbocycles. The van der Waals surface area contributed by atoms with Crippen LogP contribution in [0.1, 0.15) is 27.8 Å². The Bertz CT molecular complexity index is 1160. The molecule has 0 bridgehead atoms. The normalized spacial score (nSPS) is 16.0. The van der Waals surface area contributed by atoms with Crippen LogP contribution in [0, 0.1) is 0 Å². The maximum Gasteiger partial charge on any atom is 0.0176 e. The van der Waals surface area contributed by atoms with Crippen LogP contribution in [0.2, 0.25) is 0 Å². The van der Waals surface area contributed by atoms with Gasteiger partial charge in [0.15, 0.2) is 0 Å². The zero-order valence-corrected chi connectivity index (χ0v) is 17.4. The molecule has 0 saturated carbocycles. The first-order chi connectivity index (χ1) is 14.4. The van der Waals surface area contributed by atoms with E-state index in [1.54, 1.807) is 0 Å². The molecule has 0 saturated heterocycles. The smallest absolute Gasteiger partial charge is 0.0176 e. The van der Waals surface area contributed by atoms with Gasteiger partial charge in [0.1, 0.15) is 0 Å². The molecule has 0 N–H and O–H groups in total. The van der Waals surface area contributed by atoms with Crippen molar-refractivity contribution < 1.29 is 0 Å². The molecule has 0 nitrogen and oxygen atoms in total. The van der Waals surface area contributed by atoms with Gasteiger partial charge in [0.05, 0.1) is 0 Å². The monoisotopic (exact) mass is 386 g/mol. The van der Waals surface area contributed by atoms with Gasteiger partial charge in [-0.3, -0.25) is 0 Å². The van der Waals surface area contributed by atoms with Crippen LogP contribution in [-0.4, -0.2) is 14.3 Å². The van der Waals surface area contributed by atoms with Crippen molar-refractivity contribution in [2.45, 2.75) is 5.54 Å². The van der Waals surface area contributed by atoms with Gasteiger partial charge >= 0.3 is 0 Å². The second-order valence-corrected chi connectivity index (χ2v) is 8.93. The molecule has 4 aromatic rings. The third-order valence-corrected chi connectivity index (χ3v) is 7.58. The van der Waals surface area contributed by atoms with Crippen molar-refractivity contribution in [2.75, 3.05) is 0 Å². The van der Waals surface area contributed by atoms with E-state index in [0.717, 1.165) is 0 Å². The van der Waals surface area contributed by atoms with Gasteiger partial charge in [-0.15, -0.1) is 0 Å². The Kier molecular flexibility index (Phi) is 4.89. The van der Waals surface area contributed by atoms with Gasteiger partial charge in [-0.25, -0.2) is 0 Å². The molecule has 1 heterocycles. The number of rotatable bonds is 4. The van der Waals surface area contributed by atoms with Gasteiger partial charge in [-0.05, 0) is 38.6 Å². The summed E-state index contributed by atoms with van der Waals surface area (Å²) < 4.78 is 0. The van der Waals surface area contributed by atoms with Crippen LogP contribution < -0.4 is 0 Å². The van der Waals surface area contributed by atoms with Crippen LogP contribution in [0.15, 0.2) is 121 Å². The van der Waals surface area contributed by atoms with E-state index in [1.165, 1.54) is 38.6 Å². The first-order valence-corrected chi connectivity index (χ1v) is 11.3. The summed E-state index contributed by atoms with van der Waals surface area (Å²) >= 11 is 0. The Balaban J connectivity index is 1.81. The average molecular weight is 387 g/mol. The Hall–Kier alpha value is -3.29. The van der Waals surface area contributed by atoms with Gasteiger partial charge in [0, 0.05) is 14.7 Å². The molecule has 1 aliphatic rings. The molecule has 1 atom stereocenters. The van der Waals surface area contributed by atoms with E-state index in [9.17, 15) is 0 Å². The molecule has 0 spiro atoms. The molecule has 0 amide bonds. The highest BCUT2D eigenvalue weighted by Gasteiger charge is 2.30. The van der Waals surface area contributed by atoms with Gasteiger partial charge in [-0.2, -0.15) is 0 Å². The van der Waals surface area contributed by atoms with Crippen LogP contribution >= 0.6 is 0 Å². The number of hydrogen-bond acceptors (Lipinski definition) is 0. The molecule has 29 heavy (non-hydrogen) atoms. The minimum atomic E-state index is 0.0674. The first kappa shape index (κ1) is 17.8. The molecule has 0 aromatic heterocycles. The van der Waals surface area contributed by atoms with Crippen LogP contribution in [0.5, 0.6) is 0 Å². The summed E-state index contributed by atoms with van der Waals surface area (Å²) in [5, 5.41) is 1.52. The van der Waals surface area contributed by atoms with Crippen LogP contribution in [-0.2, 0) is 0 Å². The minimum Gasteiger partial charge on any atom is -0.0622 e. The van der Waals surface area contributed by atoms with Crippen LogP contribution in [0.25, 0.3) is 11.1 Å². The number of hydrogen-bond donors (Lipinski definition) is 0. The molecule has 0 fully saturated rings. The summed E-state index contributed by atoms with van der Waals surface area (Å²) in [7, 11) is 0.0674. The van der Waals surface area contributed by atoms with Gasteiger partial charge in [0.25, 0.3) is 0 Å². The Morgan fingerprint density at radius 3 is 1.45 bits per heavy atom. The molecule has 0 radical (unpaired) electrons. The lowest BCUT2D eigenvalue weighted by molar-refractivity contribution is 1.23. The molecule has 5 rings (SSSR count). The van der Waals surface area contributed by atoms with Crippen molar-refractivity contribution in [1.82, 2.24) is 0 Å². The largest absolute Gasteiger partial charge is 0.0622 e. The van der Waals surface area contributed by atoms with Crippen molar-refractivity contribution in [3.05, 3.63) is 144 Å². The predicted molar refractivity (Wildman–Crippen MR) is 127 cm³/mol. The van der Waals surface area contributed by atoms with Crippen molar-refractivity contribution >= 4 is 25.4 Å². The summed E-state index contributed by atoms with van der Waals surface area (Å²) in [4.78, 5) is 0. The molecule has 1 aliphatic heterocycles. The predicted octanol–water partition coefficient (Wildman–Crippen LogP) is 6.01. The Morgan fingerprint density at radius 1 is 0.448 bits per heavy atom. The summed E-state index contributed by atoms with van der Waals surface area (Å²) in [6.07, 6.45) is 0. The molecule has 138 valence electrons. The zero-order valence-electron chi connectivity index (χ0n) is 16.2. The zero-order chi connectivity index (χ0) is 19.5. The van der Waals surface area contributed by atoms with E-state index >= 15 is 0 Å². The second-order valence-electron chi connectivity index (χ2n) is 7.36. The molecular weight excluding hydrogens is 364 g/mol. The lowest BCUT2D eigenvalue weighted by Gasteiger charge is -2.18. The minimum absolute atomic E-state index is 0.0674. The summed E-state index contributed by atoms with van der Waals surface area (Å²) in [5.74, 6) is 0.